The van der Waals surface area contributed by atoms with Crippen molar-refractivity contribution >= 4 is 23.1 Å². The SMILES string of the molecule is CC1CC(SOO[O-])CC2CC(S(=O)[O-])CC(O)C12.[Na+].[Na+]. The van der Waals surface area contributed by atoms with Crippen LogP contribution in [0.5, 0.6) is 0 Å². The summed E-state index contributed by atoms with van der Waals surface area (Å²) in [4.78, 5) is 0. The maximum atomic E-state index is 11.1. The summed E-state index contributed by atoms with van der Waals surface area (Å²) in [6.07, 6.45) is 1.93. The molecule has 112 valence electrons. The molecule has 0 aromatic rings. The van der Waals surface area contributed by atoms with E-state index in [0.29, 0.717) is 12.8 Å². The third-order valence-electron chi connectivity index (χ3n) is 4.39. The van der Waals surface area contributed by atoms with Crippen LogP contribution in [-0.2, 0) is 20.5 Å². The van der Waals surface area contributed by atoms with Gasteiger partial charge in [-0.2, -0.15) is 4.33 Å². The Kier molecular flexibility index (Phi) is 12.2. The summed E-state index contributed by atoms with van der Waals surface area (Å²) in [5, 5.41) is 23.0. The number of aliphatic hydroxyl groups excluding tert-OH is 1. The second-order valence-electron chi connectivity index (χ2n) is 5.56. The van der Waals surface area contributed by atoms with Crippen LogP contribution < -0.4 is 64.4 Å². The van der Waals surface area contributed by atoms with Gasteiger partial charge in [0.15, 0.2) is 0 Å². The summed E-state index contributed by atoms with van der Waals surface area (Å²) in [6.45, 7) is 2.06. The molecule has 2 aliphatic rings. The smallest absolute Gasteiger partial charge is 0.772 e. The topological polar surface area (TPSA) is 102 Å². The number of rotatable bonds is 4. The van der Waals surface area contributed by atoms with Gasteiger partial charge in [-0.05, 0) is 43.4 Å². The van der Waals surface area contributed by atoms with Crippen LogP contribution in [0.3, 0.4) is 0 Å². The average molecular weight is 356 g/mol. The molecule has 21 heavy (non-hydrogen) atoms. The number of aliphatic hydroxyl groups is 1. The first kappa shape index (κ1) is 23.3. The van der Waals surface area contributed by atoms with Crippen LogP contribution >= 0.6 is 12.0 Å². The Morgan fingerprint density at radius 2 is 1.90 bits per heavy atom. The largest absolute Gasteiger partial charge is 1.00 e. The molecule has 0 aliphatic heterocycles. The number of hydrogen-bond acceptors (Lipinski definition) is 7. The average Bonchev–Trinajstić information content (AvgIpc) is 2.35. The maximum absolute atomic E-state index is 11.1. The van der Waals surface area contributed by atoms with Crippen molar-refractivity contribution in [3.05, 3.63) is 0 Å². The Hall–Kier alpha value is 2.30. The predicted molar refractivity (Wildman–Crippen MR) is 66.9 cm³/mol. The zero-order valence-corrected chi connectivity index (χ0v) is 18.2. The van der Waals surface area contributed by atoms with E-state index in [0.717, 1.165) is 24.9 Å². The first-order valence-corrected chi connectivity index (χ1v) is 8.35. The van der Waals surface area contributed by atoms with Crippen LogP contribution in [-0.4, -0.2) is 30.5 Å². The summed E-state index contributed by atoms with van der Waals surface area (Å²) < 4.78 is 26.6. The van der Waals surface area contributed by atoms with Gasteiger partial charge in [-0.25, -0.2) is 0 Å². The molecule has 0 saturated heterocycles. The third-order valence-corrected chi connectivity index (χ3v) is 6.11. The van der Waals surface area contributed by atoms with E-state index in [-0.39, 0.29) is 82.1 Å². The summed E-state index contributed by atoms with van der Waals surface area (Å²) in [5.74, 6) is 0.579. The first-order chi connectivity index (χ1) is 9.02. The molecule has 7 atom stereocenters. The van der Waals surface area contributed by atoms with Gasteiger partial charge < -0.3 is 14.9 Å². The van der Waals surface area contributed by atoms with Crippen LogP contribution in [0.25, 0.3) is 0 Å². The molecule has 6 nitrogen and oxygen atoms in total. The van der Waals surface area contributed by atoms with Crippen molar-refractivity contribution in [3.63, 3.8) is 0 Å². The van der Waals surface area contributed by atoms with Gasteiger partial charge in [0.2, 0.25) is 0 Å². The van der Waals surface area contributed by atoms with Crippen LogP contribution in [0.1, 0.15) is 32.6 Å². The van der Waals surface area contributed by atoms with Crippen LogP contribution in [0, 0.1) is 17.8 Å². The maximum Gasteiger partial charge on any atom is 1.00 e. The Morgan fingerprint density at radius 1 is 1.24 bits per heavy atom. The molecule has 2 saturated carbocycles. The minimum atomic E-state index is -2.14. The molecule has 0 spiro atoms. The monoisotopic (exact) mass is 356 g/mol. The Balaban J connectivity index is 0.00000200. The van der Waals surface area contributed by atoms with Crippen molar-refractivity contribution in [2.24, 2.45) is 17.8 Å². The summed E-state index contributed by atoms with van der Waals surface area (Å²) in [6, 6.07) is 0. The van der Waals surface area contributed by atoms with E-state index in [4.69, 9.17) is 0 Å². The third kappa shape index (κ3) is 6.26. The second-order valence-corrected chi connectivity index (χ2v) is 7.74. The van der Waals surface area contributed by atoms with Crippen LogP contribution in [0.2, 0.25) is 0 Å². The zero-order valence-electron chi connectivity index (χ0n) is 12.6. The molecular weight excluding hydrogens is 338 g/mol. The first-order valence-electron chi connectivity index (χ1n) is 6.41. The summed E-state index contributed by atoms with van der Waals surface area (Å²) >= 11 is -1.14. The summed E-state index contributed by atoms with van der Waals surface area (Å²) in [5.41, 5.74) is 0. The van der Waals surface area contributed by atoms with Crippen molar-refractivity contribution in [1.82, 2.24) is 0 Å². The second kappa shape index (κ2) is 11.0. The predicted octanol–water partition coefficient (Wildman–Crippen LogP) is -5.70. The van der Waals surface area contributed by atoms with Gasteiger partial charge in [0, 0.05) is 22.5 Å². The molecule has 0 aromatic heterocycles. The molecule has 0 radical (unpaired) electrons. The van der Waals surface area contributed by atoms with Crippen molar-refractivity contribution in [3.8, 4) is 0 Å². The van der Waals surface area contributed by atoms with Crippen molar-refractivity contribution in [2.75, 3.05) is 0 Å². The van der Waals surface area contributed by atoms with Gasteiger partial charge in [-0.3, -0.25) is 9.25 Å². The number of fused-ring (bicyclic) bond motifs is 1. The molecule has 0 amide bonds. The Bertz CT molecular complexity index is 338. The van der Waals surface area contributed by atoms with Crippen molar-refractivity contribution in [2.45, 2.75) is 49.2 Å². The summed E-state index contributed by atoms with van der Waals surface area (Å²) in [7, 11) is 0. The standard InChI is InChI=1S/C11H20O6S2.2Na/c1-6-2-8(18-17-16-13)3-7-4-9(19(14)15)5-10(12)11(6)7;;/h6-13H,2-5H2,1H3,(H,14,15);;/q;2*+1/p-2. The van der Waals surface area contributed by atoms with E-state index in [9.17, 15) is 19.1 Å². The fourth-order valence-corrected chi connectivity index (χ4v) is 5.35. The molecular formula is C11H18Na2O6S2. The zero-order chi connectivity index (χ0) is 14.0. The minimum Gasteiger partial charge on any atom is -0.772 e. The van der Waals surface area contributed by atoms with Gasteiger partial charge in [-0.1, -0.05) is 18.0 Å². The molecule has 2 aliphatic carbocycles. The van der Waals surface area contributed by atoms with E-state index in [2.05, 4.69) is 16.3 Å². The molecule has 0 aromatic carbocycles. The van der Waals surface area contributed by atoms with E-state index in [1.165, 1.54) is 0 Å². The Labute approximate surface area is 176 Å². The van der Waals surface area contributed by atoms with E-state index in [1.807, 2.05) is 0 Å². The van der Waals surface area contributed by atoms with Crippen LogP contribution in [0.4, 0.5) is 0 Å². The fourth-order valence-electron chi connectivity index (χ4n) is 3.74. The van der Waals surface area contributed by atoms with Crippen LogP contribution in [0.15, 0.2) is 0 Å². The Morgan fingerprint density at radius 3 is 2.48 bits per heavy atom. The van der Waals surface area contributed by atoms with Gasteiger partial charge in [-0.15, -0.1) is 0 Å². The van der Waals surface area contributed by atoms with Gasteiger partial charge in [0.05, 0.1) is 6.10 Å². The molecule has 0 heterocycles. The fraction of sp³-hybridized carbons (Fsp3) is 1.00. The van der Waals surface area contributed by atoms with Crippen molar-refractivity contribution < 1.29 is 87.6 Å². The minimum absolute atomic E-state index is 0. The van der Waals surface area contributed by atoms with E-state index in [1.54, 1.807) is 0 Å². The van der Waals surface area contributed by atoms with Gasteiger partial charge in [0.25, 0.3) is 0 Å². The van der Waals surface area contributed by atoms with Gasteiger partial charge >= 0.3 is 59.1 Å². The quantitative estimate of drug-likeness (QED) is 0.176. The molecule has 7 unspecified atom stereocenters. The molecule has 0 bridgehead atoms. The van der Waals surface area contributed by atoms with Gasteiger partial charge in [0.1, 0.15) is 0 Å². The van der Waals surface area contributed by atoms with Crippen molar-refractivity contribution in [1.29, 1.82) is 0 Å². The molecule has 10 heteroatoms. The normalized spacial score (nSPS) is 40.4. The molecule has 2 fully saturated rings. The number of hydrogen-bond donors (Lipinski definition) is 1. The van der Waals surface area contributed by atoms with E-state index >= 15 is 0 Å². The van der Waals surface area contributed by atoms with E-state index < -0.39 is 22.4 Å². The molecule has 2 rings (SSSR count). The molecule has 1 N–H and O–H groups in total.